The molecule has 128 valence electrons. The first-order valence-electron chi connectivity index (χ1n) is 8.18. The minimum atomic E-state index is -0.0194. The average molecular weight is 371 g/mol. The molecule has 7 heteroatoms. The SMILES string of the molecule is O=C(Nc1cccc2cnccc12)SCC1CNC[C@H]1c1nccs1. The summed E-state index contributed by atoms with van der Waals surface area (Å²) in [5.74, 6) is 1.62. The fraction of sp³-hybridized carbons (Fsp3) is 0.278. The monoisotopic (exact) mass is 370 g/mol. The molecule has 2 aromatic heterocycles. The quantitative estimate of drug-likeness (QED) is 0.728. The summed E-state index contributed by atoms with van der Waals surface area (Å²) in [7, 11) is 0. The Hall–Kier alpha value is -1.96. The van der Waals surface area contributed by atoms with Crippen molar-refractivity contribution in [3.05, 3.63) is 53.2 Å². The number of nitrogens with one attached hydrogen (secondary N) is 2. The van der Waals surface area contributed by atoms with Gasteiger partial charge in [0.15, 0.2) is 0 Å². The van der Waals surface area contributed by atoms with Gasteiger partial charge < -0.3 is 10.6 Å². The Kier molecular flexibility index (Phi) is 4.96. The lowest BCUT2D eigenvalue weighted by molar-refractivity contribution is 0.269. The van der Waals surface area contributed by atoms with E-state index in [4.69, 9.17) is 0 Å². The molecular formula is C18H18N4OS2. The number of fused-ring (bicyclic) bond motifs is 1. The van der Waals surface area contributed by atoms with E-state index in [1.54, 1.807) is 23.7 Å². The number of anilines is 1. The third-order valence-corrected chi connectivity index (χ3v) is 6.32. The number of hydrogen-bond donors (Lipinski definition) is 2. The highest BCUT2D eigenvalue weighted by atomic mass is 32.2. The number of amides is 1. The molecule has 1 amide bonds. The number of hydrogen-bond acceptors (Lipinski definition) is 6. The Morgan fingerprint density at radius 2 is 2.28 bits per heavy atom. The average Bonchev–Trinajstić information content (AvgIpc) is 3.31. The lowest BCUT2D eigenvalue weighted by atomic mass is 9.99. The molecule has 0 bridgehead atoms. The van der Waals surface area contributed by atoms with Crippen LogP contribution in [0.4, 0.5) is 10.5 Å². The van der Waals surface area contributed by atoms with Gasteiger partial charge in [-0.25, -0.2) is 4.98 Å². The van der Waals surface area contributed by atoms with Crippen LogP contribution in [0.3, 0.4) is 0 Å². The first-order chi connectivity index (χ1) is 12.3. The Balaban J connectivity index is 1.39. The number of aromatic nitrogens is 2. The largest absolute Gasteiger partial charge is 0.316 e. The molecular weight excluding hydrogens is 352 g/mol. The van der Waals surface area contributed by atoms with E-state index in [0.717, 1.165) is 40.3 Å². The van der Waals surface area contributed by atoms with Crippen LogP contribution in [0.15, 0.2) is 48.2 Å². The van der Waals surface area contributed by atoms with Crippen molar-refractivity contribution < 1.29 is 4.79 Å². The maximum Gasteiger partial charge on any atom is 0.283 e. The molecule has 2 atom stereocenters. The maximum absolute atomic E-state index is 12.4. The standard InChI is InChI=1S/C18H18N4OS2/c23-18(22-16-3-1-2-12-8-19-5-4-14(12)16)25-11-13-9-20-10-15(13)17-21-6-7-24-17/h1-8,13,15,20H,9-11H2,(H,22,23)/t13?,15-/m1/s1. The van der Waals surface area contributed by atoms with Gasteiger partial charge in [-0.1, -0.05) is 23.9 Å². The zero-order valence-corrected chi connectivity index (χ0v) is 15.1. The van der Waals surface area contributed by atoms with E-state index in [9.17, 15) is 4.79 Å². The molecule has 2 N–H and O–H groups in total. The van der Waals surface area contributed by atoms with Gasteiger partial charge >= 0.3 is 0 Å². The Bertz CT molecular complexity index is 863. The fourth-order valence-electron chi connectivity index (χ4n) is 3.18. The van der Waals surface area contributed by atoms with Crippen LogP contribution in [-0.4, -0.2) is 34.0 Å². The molecule has 3 heterocycles. The van der Waals surface area contributed by atoms with E-state index in [0.29, 0.717) is 11.8 Å². The minimum absolute atomic E-state index is 0.0194. The van der Waals surface area contributed by atoms with Crippen LogP contribution in [0.25, 0.3) is 10.8 Å². The zero-order chi connectivity index (χ0) is 17.1. The molecule has 0 spiro atoms. The Morgan fingerprint density at radius 3 is 3.16 bits per heavy atom. The van der Waals surface area contributed by atoms with E-state index in [-0.39, 0.29) is 5.24 Å². The summed E-state index contributed by atoms with van der Waals surface area (Å²) in [5, 5.41) is 11.6. The highest BCUT2D eigenvalue weighted by Crippen LogP contribution is 2.32. The van der Waals surface area contributed by atoms with Crippen LogP contribution < -0.4 is 10.6 Å². The van der Waals surface area contributed by atoms with E-state index in [2.05, 4.69) is 20.6 Å². The number of rotatable bonds is 4. The smallest absolute Gasteiger partial charge is 0.283 e. The predicted molar refractivity (Wildman–Crippen MR) is 104 cm³/mol. The van der Waals surface area contributed by atoms with Crippen LogP contribution >= 0.6 is 23.1 Å². The zero-order valence-electron chi connectivity index (χ0n) is 13.5. The number of carbonyl (C=O) groups is 1. The van der Waals surface area contributed by atoms with Crippen LogP contribution in [0.2, 0.25) is 0 Å². The second-order valence-electron chi connectivity index (χ2n) is 6.02. The summed E-state index contributed by atoms with van der Waals surface area (Å²) in [6.45, 7) is 1.88. The Morgan fingerprint density at radius 1 is 1.32 bits per heavy atom. The molecule has 4 rings (SSSR count). The minimum Gasteiger partial charge on any atom is -0.316 e. The third-order valence-electron chi connectivity index (χ3n) is 4.45. The van der Waals surface area contributed by atoms with Crippen molar-refractivity contribution in [3.8, 4) is 0 Å². The second-order valence-corrected chi connectivity index (χ2v) is 7.94. The molecule has 1 saturated heterocycles. The van der Waals surface area contributed by atoms with Gasteiger partial charge in [0.25, 0.3) is 5.24 Å². The van der Waals surface area contributed by atoms with Gasteiger partial charge in [0.2, 0.25) is 0 Å². The first kappa shape index (κ1) is 16.5. The number of carbonyl (C=O) groups excluding carboxylic acids is 1. The van der Waals surface area contributed by atoms with Crippen LogP contribution in [0.1, 0.15) is 10.9 Å². The van der Waals surface area contributed by atoms with Crippen molar-refractivity contribution in [2.24, 2.45) is 5.92 Å². The van der Waals surface area contributed by atoms with Crippen molar-refractivity contribution >= 4 is 44.8 Å². The molecule has 1 fully saturated rings. The topological polar surface area (TPSA) is 66.9 Å². The predicted octanol–water partition coefficient (Wildman–Crippen LogP) is 3.96. The molecule has 0 aliphatic carbocycles. The van der Waals surface area contributed by atoms with Gasteiger partial charge in [-0.3, -0.25) is 9.78 Å². The van der Waals surface area contributed by atoms with Gasteiger partial charge in [-0.2, -0.15) is 0 Å². The van der Waals surface area contributed by atoms with Gasteiger partial charge in [-0.15, -0.1) is 11.3 Å². The molecule has 25 heavy (non-hydrogen) atoms. The highest BCUT2D eigenvalue weighted by molar-refractivity contribution is 8.13. The van der Waals surface area contributed by atoms with E-state index < -0.39 is 0 Å². The lowest BCUT2D eigenvalue weighted by Gasteiger charge is -2.15. The summed E-state index contributed by atoms with van der Waals surface area (Å²) >= 11 is 3.04. The summed E-state index contributed by atoms with van der Waals surface area (Å²) in [4.78, 5) is 21.0. The van der Waals surface area contributed by atoms with Crippen LogP contribution in [0.5, 0.6) is 0 Å². The van der Waals surface area contributed by atoms with Crippen molar-refractivity contribution in [1.82, 2.24) is 15.3 Å². The van der Waals surface area contributed by atoms with Crippen molar-refractivity contribution in [2.45, 2.75) is 5.92 Å². The van der Waals surface area contributed by atoms with Crippen LogP contribution in [-0.2, 0) is 0 Å². The van der Waals surface area contributed by atoms with Gasteiger partial charge in [-0.05, 0) is 24.6 Å². The summed E-state index contributed by atoms with van der Waals surface area (Å²) in [6, 6.07) is 7.78. The van der Waals surface area contributed by atoms with Crippen molar-refractivity contribution in [1.29, 1.82) is 0 Å². The number of benzene rings is 1. The highest BCUT2D eigenvalue weighted by Gasteiger charge is 2.30. The first-order valence-corrected chi connectivity index (χ1v) is 10.0. The summed E-state index contributed by atoms with van der Waals surface area (Å²) in [5.41, 5.74) is 0.832. The lowest BCUT2D eigenvalue weighted by Crippen LogP contribution is -2.16. The summed E-state index contributed by atoms with van der Waals surface area (Å²) in [6.07, 6.45) is 5.40. The molecule has 3 aromatic rings. The normalized spacial score (nSPS) is 20.0. The molecule has 5 nitrogen and oxygen atoms in total. The molecule has 1 aliphatic heterocycles. The van der Waals surface area contributed by atoms with E-state index in [1.807, 2.05) is 35.8 Å². The molecule has 0 saturated carbocycles. The van der Waals surface area contributed by atoms with Gasteiger partial charge in [0.05, 0.1) is 5.01 Å². The second kappa shape index (κ2) is 7.51. The van der Waals surface area contributed by atoms with Crippen LogP contribution in [0, 0.1) is 5.92 Å². The van der Waals surface area contributed by atoms with E-state index in [1.165, 1.54) is 11.8 Å². The van der Waals surface area contributed by atoms with Crippen molar-refractivity contribution in [2.75, 3.05) is 24.2 Å². The Labute approximate surface area is 154 Å². The third kappa shape index (κ3) is 3.68. The summed E-state index contributed by atoms with van der Waals surface area (Å²) < 4.78 is 0. The van der Waals surface area contributed by atoms with Gasteiger partial charge in [0.1, 0.15) is 0 Å². The number of thioether (sulfide) groups is 1. The van der Waals surface area contributed by atoms with Gasteiger partial charge in [0, 0.05) is 58.6 Å². The fourth-order valence-corrected chi connectivity index (χ4v) is 4.91. The molecule has 1 aliphatic rings. The number of thiazole rings is 1. The number of nitrogens with zero attached hydrogens (tertiary/aromatic N) is 2. The molecule has 0 radical (unpaired) electrons. The molecule has 1 aromatic carbocycles. The molecule has 1 unspecified atom stereocenters. The maximum atomic E-state index is 12.4. The van der Waals surface area contributed by atoms with E-state index >= 15 is 0 Å². The number of pyridine rings is 1. The van der Waals surface area contributed by atoms with Crippen molar-refractivity contribution in [3.63, 3.8) is 0 Å².